The number of aromatic nitrogens is 2. The van der Waals surface area contributed by atoms with Crippen molar-refractivity contribution in [3.63, 3.8) is 0 Å². The lowest BCUT2D eigenvalue weighted by molar-refractivity contribution is 0.851. The van der Waals surface area contributed by atoms with Gasteiger partial charge in [0.2, 0.25) is 0 Å². The molecule has 1 aliphatic rings. The van der Waals surface area contributed by atoms with Crippen molar-refractivity contribution in [1.29, 1.82) is 0 Å². The van der Waals surface area contributed by atoms with E-state index in [1.807, 2.05) is 10.7 Å². The van der Waals surface area contributed by atoms with Crippen molar-refractivity contribution in [3.8, 4) is 5.69 Å². The standard InChI is InChI=1S/C12H10Br2N2/c13-11-7-12(14)16(15-11)10-5-3-9(4-6-10)8-1-2-8/h3-8H,1-2H2. The van der Waals surface area contributed by atoms with Crippen molar-refractivity contribution >= 4 is 31.9 Å². The van der Waals surface area contributed by atoms with E-state index in [1.165, 1.54) is 18.4 Å². The molecule has 0 radical (unpaired) electrons. The van der Waals surface area contributed by atoms with Crippen LogP contribution in [0.3, 0.4) is 0 Å². The van der Waals surface area contributed by atoms with Crippen molar-refractivity contribution in [3.05, 3.63) is 45.1 Å². The van der Waals surface area contributed by atoms with Crippen molar-refractivity contribution < 1.29 is 0 Å². The molecule has 4 heteroatoms. The molecule has 16 heavy (non-hydrogen) atoms. The molecule has 0 aliphatic heterocycles. The summed E-state index contributed by atoms with van der Waals surface area (Å²) in [5.41, 5.74) is 2.54. The quantitative estimate of drug-likeness (QED) is 0.797. The summed E-state index contributed by atoms with van der Waals surface area (Å²) in [6.07, 6.45) is 2.69. The maximum Gasteiger partial charge on any atom is 0.129 e. The first-order chi connectivity index (χ1) is 7.74. The Hall–Kier alpha value is -0.610. The van der Waals surface area contributed by atoms with E-state index in [0.29, 0.717) is 0 Å². The zero-order chi connectivity index (χ0) is 11.1. The van der Waals surface area contributed by atoms with Crippen LogP contribution in [0.4, 0.5) is 0 Å². The highest BCUT2D eigenvalue weighted by Gasteiger charge is 2.23. The molecule has 82 valence electrons. The highest BCUT2D eigenvalue weighted by molar-refractivity contribution is 9.11. The van der Waals surface area contributed by atoms with Crippen molar-refractivity contribution in [2.24, 2.45) is 0 Å². The lowest BCUT2D eigenvalue weighted by Crippen LogP contribution is -1.96. The topological polar surface area (TPSA) is 17.8 Å². The minimum atomic E-state index is 0.807. The molecule has 1 aromatic heterocycles. The van der Waals surface area contributed by atoms with Gasteiger partial charge in [0.05, 0.1) is 5.69 Å². The van der Waals surface area contributed by atoms with Crippen LogP contribution in [0.25, 0.3) is 5.69 Å². The van der Waals surface area contributed by atoms with Gasteiger partial charge in [-0.05, 0) is 68.3 Å². The number of rotatable bonds is 2. The van der Waals surface area contributed by atoms with E-state index >= 15 is 0 Å². The Bertz CT molecular complexity index is 512. The van der Waals surface area contributed by atoms with Crippen LogP contribution < -0.4 is 0 Å². The smallest absolute Gasteiger partial charge is 0.129 e. The molecule has 1 aliphatic carbocycles. The van der Waals surface area contributed by atoms with Crippen LogP contribution in [0.1, 0.15) is 24.3 Å². The molecule has 0 bridgehead atoms. The molecule has 1 aromatic carbocycles. The van der Waals surface area contributed by atoms with Gasteiger partial charge in [-0.2, -0.15) is 5.10 Å². The molecule has 0 spiro atoms. The van der Waals surface area contributed by atoms with Crippen molar-refractivity contribution in [1.82, 2.24) is 9.78 Å². The van der Waals surface area contributed by atoms with Gasteiger partial charge in [-0.15, -0.1) is 0 Å². The summed E-state index contributed by atoms with van der Waals surface area (Å²) in [7, 11) is 0. The summed E-state index contributed by atoms with van der Waals surface area (Å²) < 4.78 is 3.67. The molecule has 3 rings (SSSR count). The average Bonchev–Trinajstić information content (AvgIpc) is 3.05. The lowest BCUT2D eigenvalue weighted by Gasteiger charge is -2.04. The molecule has 0 atom stereocenters. The average molecular weight is 342 g/mol. The van der Waals surface area contributed by atoms with Crippen molar-refractivity contribution in [2.45, 2.75) is 18.8 Å². The zero-order valence-corrected chi connectivity index (χ0v) is 11.7. The number of hydrogen-bond donors (Lipinski definition) is 0. The molecule has 1 fully saturated rings. The fraction of sp³-hybridized carbons (Fsp3) is 0.250. The fourth-order valence-electron chi connectivity index (χ4n) is 1.82. The number of halogens is 2. The third-order valence-corrected chi connectivity index (χ3v) is 3.77. The van der Waals surface area contributed by atoms with Gasteiger partial charge in [0, 0.05) is 6.07 Å². The van der Waals surface area contributed by atoms with E-state index in [1.54, 1.807) is 0 Å². The largest absolute Gasteiger partial charge is 0.226 e. The number of benzene rings is 1. The first-order valence-corrected chi connectivity index (χ1v) is 6.84. The molecule has 1 heterocycles. The van der Waals surface area contributed by atoms with Crippen LogP contribution >= 0.6 is 31.9 Å². The molecule has 1 saturated carbocycles. The number of hydrogen-bond acceptors (Lipinski definition) is 1. The van der Waals surface area contributed by atoms with Crippen LogP contribution in [0.5, 0.6) is 0 Å². The minimum Gasteiger partial charge on any atom is -0.226 e. The number of nitrogens with zero attached hydrogens (tertiary/aromatic N) is 2. The third kappa shape index (κ3) is 1.96. The summed E-state index contributed by atoms with van der Waals surface area (Å²) in [5.74, 6) is 0.807. The molecule has 0 N–H and O–H groups in total. The maximum absolute atomic E-state index is 4.36. The minimum absolute atomic E-state index is 0.807. The highest BCUT2D eigenvalue weighted by atomic mass is 79.9. The maximum atomic E-state index is 4.36. The van der Waals surface area contributed by atoms with Crippen LogP contribution in [-0.2, 0) is 0 Å². The first kappa shape index (κ1) is 10.5. The summed E-state index contributed by atoms with van der Waals surface area (Å²) in [6, 6.07) is 10.6. The highest BCUT2D eigenvalue weighted by Crippen LogP contribution is 2.40. The van der Waals surface area contributed by atoms with Gasteiger partial charge in [-0.25, -0.2) is 4.68 Å². The molecule has 0 amide bonds. The lowest BCUT2D eigenvalue weighted by atomic mass is 10.1. The van der Waals surface area contributed by atoms with Crippen LogP contribution in [0, 0.1) is 0 Å². The van der Waals surface area contributed by atoms with Crippen LogP contribution in [0.2, 0.25) is 0 Å². The zero-order valence-electron chi connectivity index (χ0n) is 8.53. The second-order valence-electron chi connectivity index (χ2n) is 4.07. The molecular weight excluding hydrogens is 332 g/mol. The Labute approximate surface area is 111 Å². The van der Waals surface area contributed by atoms with Gasteiger partial charge in [0.25, 0.3) is 0 Å². The van der Waals surface area contributed by atoms with Gasteiger partial charge in [-0.3, -0.25) is 0 Å². The monoisotopic (exact) mass is 340 g/mol. The van der Waals surface area contributed by atoms with E-state index in [4.69, 9.17) is 0 Å². The summed E-state index contributed by atoms with van der Waals surface area (Å²) in [5, 5.41) is 4.36. The van der Waals surface area contributed by atoms with E-state index in [0.717, 1.165) is 20.8 Å². The van der Waals surface area contributed by atoms with Gasteiger partial charge >= 0.3 is 0 Å². The Balaban J connectivity index is 1.96. The first-order valence-electron chi connectivity index (χ1n) is 5.25. The van der Waals surface area contributed by atoms with Crippen LogP contribution in [0.15, 0.2) is 39.5 Å². The second kappa shape index (κ2) is 4.00. The predicted molar refractivity (Wildman–Crippen MR) is 70.9 cm³/mol. The third-order valence-electron chi connectivity index (χ3n) is 2.82. The summed E-state index contributed by atoms with van der Waals surface area (Å²) >= 11 is 6.85. The molecular formula is C12H10Br2N2. The fourth-order valence-corrected chi connectivity index (χ4v) is 3.00. The van der Waals surface area contributed by atoms with Gasteiger partial charge in [0.1, 0.15) is 9.21 Å². The van der Waals surface area contributed by atoms with E-state index in [2.05, 4.69) is 61.2 Å². The van der Waals surface area contributed by atoms with Gasteiger partial charge < -0.3 is 0 Å². The van der Waals surface area contributed by atoms with Gasteiger partial charge in [-0.1, -0.05) is 12.1 Å². The van der Waals surface area contributed by atoms with Crippen LogP contribution in [-0.4, -0.2) is 9.78 Å². The summed E-state index contributed by atoms with van der Waals surface area (Å²) in [4.78, 5) is 0. The van der Waals surface area contributed by atoms with E-state index in [-0.39, 0.29) is 0 Å². The van der Waals surface area contributed by atoms with Crippen molar-refractivity contribution in [2.75, 3.05) is 0 Å². The Kier molecular flexibility index (Phi) is 2.64. The molecule has 0 saturated heterocycles. The second-order valence-corrected chi connectivity index (χ2v) is 5.69. The predicted octanol–water partition coefficient (Wildman–Crippen LogP) is 4.27. The van der Waals surface area contributed by atoms with Gasteiger partial charge in [0.15, 0.2) is 0 Å². The summed E-state index contributed by atoms with van der Waals surface area (Å²) in [6.45, 7) is 0. The molecule has 0 unspecified atom stereocenters. The Morgan fingerprint density at radius 3 is 2.31 bits per heavy atom. The Morgan fingerprint density at radius 2 is 1.81 bits per heavy atom. The Morgan fingerprint density at radius 1 is 1.12 bits per heavy atom. The van der Waals surface area contributed by atoms with E-state index in [9.17, 15) is 0 Å². The molecule has 2 aromatic rings. The SMILES string of the molecule is Brc1cc(Br)n(-c2ccc(C3CC3)cc2)n1. The van der Waals surface area contributed by atoms with E-state index < -0.39 is 0 Å². The normalized spacial score (nSPS) is 15.4. The molecule has 2 nitrogen and oxygen atoms in total.